The molecule has 4 heterocycles. The summed E-state index contributed by atoms with van der Waals surface area (Å²) in [4.78, 5) is 40.1. The minimum atomic E-state index is -0.218. The number of amides is 1. The number of methoxy groups -OCH3 is 1. The average Bonchev–Trinajstić information content (AvgIpc) is 2.87. The molecule has 1 amide bonds. The summed E-state index contributed by atoms with van der Waals surface area (Å²) in [6, 6.07) is 4.20. The normalized spacial score (nSPS) is 16.9. The van der Waals surface area contributed by atoms with E-state index >= 15 is 0 Å². The number of pyridine rings is 1. The second-order valence-corrected chi connectivity index (χ2v) is 9.44. The first-order chi connectivity index (χ1) is 16.5. The summed E-state index contributed by atoms with van der Waals surface area (Å²) in [6.07, 6.45) is 10.1. The number of aryl methyl sites for hydroxylation is 3. The van der Waals surface area contributed by atoms with Gasteiger partial charge in [0.25, 0.3) is 0 Å². The summed E-state index contributed by atoms with van der Waals surface area (Å²) in [5, 5.41) is 3.36. The summed E-state index contributed by atoms with van der Waals surface area (Å²) < 4.78 is 4.92. The second kappa shape index (κ2) is 11.4. The van der Waals surface area contributed by atoms with Crippen LogP contribution in [0.15, 0.2) is 24.5 Å². The molecule has 8 heteroatoms. The molecule has 0 saturated carbocycles. The van der Waals surface area contributed by atoms with Crippen molar-refractivity contribution in [1.29, 1.82) is 0 Å². The first-order valence-corrected chi connectivity index (χ1v) is 12.4. The molecule has 0 spiro atoms. The summed E-state index contributed by atoms with van der Waals surface area (Å²) >= 11 is 0. The second-order valence-electron chi connectivity index (χ2n) is 9.44. The standard InChI is InChI=1S/C26H35N5O3/c1-18-28-16-22(17-29-18)21(15-25(33)34-2)14-19-9-12-31(13-10-19)24(32)8-7-23-6-5-20-4-3-11-27-26(20)30-23/h5-6,16-17,19,21H,3-4,7-15H2,1-2H3,(H,27,30). The number of carbonyl (C=O) groups excluding carboxylic acids is 2. The number of anilines is 1. The Bertz CT molecular complexity index is 986. The molecule has 1 unspecified atom stereocenters. The van der Waals surface area contributed by atoms with Gasteiger partial charge in [-0.25, -0.2) is 15.0 Å². The van der Waals surface area contributed by atoms with Crippen LogP contribution >= 0.6 is 0 Å². The van der Waals surface area contributed by atoms with Crippen molar-refractivity contribution in [2.24, 2.45) is 5.92 Å². The summed E-state index contributed by atoms with van der Waals surface area (Å²) in [7, 11) is 1.42. The van der Waals surface area contributed by atoms with E-state index in [-0.39, 0.29) is 17.8 Å². The van der Waals surface area contributed by atoms with Crippen LogP contribution in [0, 0.1) is 12.8 Å². The molecule has 2 aliphatic rings. The Morgan fingerprint density at radius 3 is 2.71 bits per heavy atom. The Balaban J connectivity index is 1.27. The highest BCUT2D eigenvalue weighted by molar-refractivity contribution is 5.76. The number of nitrogens with one attached hydrogen (secondary N) is 1. The number of aromatic nitrogens is 3. The first-order valence-electron chi connectivity index (χ1n) is 12.4. The van der Waals surface area contributed by atoms with Crippen LogP contribution in [0.25, 0.3) is 0 Å². The lowest BCUT2D eigenvalue weighted by molar-refractivity contribution is -0.141. The minimum Gasteiger partial charge on any atom is -0.469 e. The van der Waals surface area contributed by atoms with Crippen molar-refractivity contribution in [2.45, 2.75) is 64.2 Å². The maximum absolute atomic E-state index is 12.8. The van der Waals surface area contributed by atoms with Gasteiger partial charge in [-0.1, -0.05) is 6.07 Å². The van der Waals surface area contributed by atoms with Crippen LogP contribution in [0.1, 0.15) is 67.1 Å². The van der Waals surface area contributed by atoms with Gasteiger partial charge in [0.15, 0.2) is 0 Å². The number of nitrogens with zero attached hydrogens (tertiary/aromatic N) is 4. The summed E-state index contributed by atoms with van der Waals surface area (Å²) in [5.74, 6) is 2.16. The molecular weight excluding hydrogens is 430 g/mol. The van der Waals surface area contributed by atoms with E-state index in [0.717, 1.165) is 68.8 Å². The van der Waals surface area contributed by atoms with Crippen molar-refractivity contribution < 1.29 is 14.3 Å². The smallest absolute Gasteiger partial charge is 0.306 e. The van der Waals surface area contributed by atoms with Crippen molar-refractivity contribution in [3.05, 3.63) is 47.2 Å². The third-order valence-corrected chi connectivity index (χ3v) is 7.04. The van der Waals surface area contributed by atoms with Gasteiger partial charge in [-0.3, -0.25) is 9.59 Å². The van der Waals surface area contributed by atoms with Gasteiger partial charge in [0.2, 0.25) is 5.91 Å². The fraction of sp³-hybridized carbons (Fsp3) is 0.577. The lowest BCUT2D eigenvalue weighted by atomic mass is 9.83. The highest BCUT2D eigenvalue weighted by Gasteiger charge is 2.27. The Hall–Kier alpha value is -3.03. The molecule has 8 nitrogen and oxygen atoms in total. The quantitative estimate of drug-likeness (QED) is 0.597. The number of hydrogen-bond acceptors (Lipinski definition) is 7. The number of likely N-dealkylation sites (tertiary alicyclic amines) is 1. The monoisotopic (exact) mass is 465 g/mol. The van der Waals surface area contributed by atoms with Crippen molar-refractivity contribution >= 4 is 17.7 Å². The van der Waals surface area contributed by atoms with E-state index in [4.69, 9.17) is 9.72 Å². The lowest BCUT2D eigenvalue weighted by Crippen LogP contribution is -2.39. The predicted octanol–water partition coefficient (Wildman–Crippen LogP) is 3.45. The summed E-state index contributed by atoms with van der Waals surface area (Å²) in [6.45, 7) is 4.34. The number of rotatable bonds is 8. The van der Waals surface area contributed by atoms with Crippen LogP contribution in [-0.4, -0.2) is 58.5 Å². The van der Waals surface area contributed by atoms with E-state index in [1.165, 1.54) is 12.7 Å². The fourth-order valence-electron chi connectivity index (χ4n) is 4.96. The van der Waals surface area contributed by atoms with E-state index in [2.05, 4.69) is 27.4 Å². The Labute approximate surface area is 201 Å². The molecule has 1 N–H and O–H groups in total. The average molecular weight is 466 g/mol. The SMILES string of the molecule is COC(=O)CC(CC1CCN(C(=O)CCc2ccc3c(n2)NCCC3)CC1)c1cnc(C)nc1. The highest BCUT2D eigenvalue weighted by Crippen LogP contribution is 2.32. The van der Waals surface area contributed by atoms with E-state index in [0.29, 0.717) is 31.0 Å². The van der Waals surface area contributed by atoms with Crippen molar-refractivity contribution in [1.82, 2.24) is 19.9 Å². The third-order valence-electron chi connectivity index (χ3n) is 7.04. The van der Waals surface area contributed by atoms with Crippen LogP contribution in [0.4, 0.5) is 5.82 Å². The molecule has 4 rings (SSSR count). The third kappa shape index (κ3) is 6.30. The van der Waals surface area contributed by atoms with Gasteiger partial charge >= 0.3 is 5.97 Å². The van der Waals surface area contributed by atoms with Crippen LogP contribution in [0.2, 0.25) is 0 Å². The summed E-state index contributed by atoms with van der Waals surface area (Å²) in [5.41, 5.74) is 3.22. The Morgan fingerprint density at radius 2 is 1.97 bits per heavy atom. The topological polar surface area (TPSA) is 97.3 Å². The van der Waals surface area contributed by atoms with Crippen LogP contribution in [0.5, 0.6) is 0 Å². The number of piperidine rings is 1. The van der Waals surface area contributed by atoms with Crippen molar-refractivity contribution in [2.75, 3.05) is 32.1 Å². The van der Waals surface area contributed by atoms with Crippen LogP contribution in [0.3, 0.4) is 0 Å². The van der Waals surface area contributed by atoms with Gasteiger partial charge in [-0.2, -0.15) is 0 Å². The van der Waals surface area contributed by atoms with E-state index < -0.39 is 0 Å². The van der Waals surface area contributed by atoms with Crippen molar-refractivity contribution in [3.63, 3.8) is 0 Å². The Morgan fingerprint density at radius 1 is 1.21 bits per heavy atom. The van der Waals surface area contributed by atoms with Crippen LogP contribution < -0.4 is 5.32 Å². The minimum absolute atomic E-state index is 0.0315. The maximum atomic E-state index is 12.8. The molecule has 1 saturated heterocycles. The molecule has 0 aliphatic carbocycles. The molecule has 2 aromatic heterocycles. The number of hydrogen-bond donors (Lipinski definition) is 1. The van der Waals surface area contributed by atoms with Gasteiger partial charge < -0.3 is 15.0 Å². The number of carbonyl (C=O) groups is 2. The van der Waals surface area contributed by atoms with Gasteiger partial charge in [0, 0.05) is 44.1 Å². The number of esters is 1. The molecule has 2 aromatic rings. The molecule has 1 fully saturated rings. The zero-order valence-electron chi connectivity index (χ0n) is 20.3. The van der Waals surface area contributed by atoms with Gasteiger partial charge in [-0.05, 0) is 74.5 Å². The van der Waals surface area contributed by atoms with Gasteiger partial charge in [-0.15, -0.1) is 0 Å². The first kappa shape index (κ1) is 24.1. The van der Waals surface area contributed by atoms with Gasteiger partial charge in [0.05, 0.1) is 13.5 Å². The van der Waals surface area contributed by atoms with Crippen LogP contribution in [-0.2, 0) is 27.2 Å². The highest BCUT2D eigenvalue weighted by atomic mass is 16.5. The largest absolute Gasteiger partial charge is 0.469 e. The molecule has 34 heavy (non-hydrogen) atoms. The van der Waals surface area contributed by atoms with E-state index in [1.54, 1.807) is 0 Å². The number of fused-ring (bicyclic) bond motifs is 1. The molecule has 0 radical (unpaired) electrons. The van der Waals surface area contributed by atoms with E-state index in [1.807, 2.05) is 24.2 Å². The Kier molecular flexibility index (Phi) is 8.08. The number of ether oxygens (including phenoxy) is 1. The fourth-order valence-corrected chi connectivity index (χ4v) is 4.96. The predicted molar refractivity (Wildman–Crippen MR) is 129 cm³/mol. The van der Waals surface area contributed by atoms with Crippen molar-refractivity contribution in [3.8, 4) is 0 Å². The molecule has 182 valence electrons. The molecule has 1 atom stereocenters. The molecule has 0 bridgehead atoms. The molecular formula is C26H35N5O3. The zero-order valence-corrected chi connectivity index (χ0v) is 20.3. The maximum Gasteiger partial charge on any atom is 0.306 e. The zero-order chi connectivity index (χ0) is 23.9. The van der Waals surface area contributed by atoms with Gasteiger partial charge in [0.1, 0.15) is 11.6 Å². The lowest BCUT2D eigenvalue weighted by Gasteiger charge is -2.33. The molecule has 0 aromatic carbocycles. The molecule has 2 aliphatic heterocycles. The van der Waals surface area contributed by atoms with E-state index in [9.17, 15) is 9.59 Å².